The Kier molecular flexibility index (Phi) is 18.6. The van der Waals surface area contributed by atoms with Crippen molar-refractivity contribution in [3.63, 3.8) is 0 Å². The van der Waals surface area contributed by atoms with Gasteiger partial charge >= 0.3 is 34.5 Å². The Balaban J connectivity index is 0.000000180. The fraction of sp³-hybridized carbons (Fsp3) is 0.0400. The Labute approximate surface area is 360 Å². The second-order valence-electron chi connectivity index (χ2n) is 12.7. The summed E-state index contributed by atoms with van der Waals surface area (Å²) < 4.78 is 0. The summed E-state index contributed by atoms with van der Waals surface area (Å²) in [5.41, 5.74) is 0. The third kappa shape index (κ3) is 13.4. The van der Waals surface area contributed by atoms with Crippen molar-refractivity contribution in [1.82, 2.24) is 0 Å². The zero-order chi connectivity index (χ0) is 39.3. The van der Waals surface area contributed by atoms with Crippen LogP contribution in [-0.4, -0.2) is 11.8 Å². The Morgan fingerprint density at radius 3 is 0.439 bits per heavy atom. The van der Waals surface area contributed by atoms with E-state index in [9.17, 15) is 0 Å². The Morgan fingerprint density at radius 2 is 0.333 bits per heavy atom. The second kappa shape index (κ2) is 24.6. The Morgan fingerprint density at radius 1 is 0.228 bits per heavy atom. The van der Waals surface area contributed by atoms with Crippen LogP contribution in [0.25, 0.3) is 0 Å². The fourth-order valence-electron chi connectivity index (χ4n) is 6.40. The van der Waals surface area contributed by atoms with Crippen LogP contribution in [0.3, 0.4) is 0 Å². The second-order valence-corrected chi connectivity index (χ2v) is 25.2. The first-order chi connectivity index (χ1) is 28.2. The number of hydrogen-bond donors (Lipinski definition) is 0. The molecule has 0 unspecified atom stereocenters. The molecule has 0 saturated heterocycles. The molecule has 0 fully saturated rings. The molecule has 0 N–H and O–H groups in total. The Hall–Kier alpha value is -3.32. The summed E-state index contributed by atoms with van der Waals surface area (Å²) >= 11 is -0.346. The maximum Gasteiger partial charge on any atom is 0.00405 e. The van der Waals surface area contributed by atoms with Crippen molar-refractivity contribution < 1.29 is 15.1 Å². The van der Waals surface area contributed by atoms with Gasteiger partial charge in [0.15, 0.2) is 0 Å². The number of benzene rings is 8. The van der Waals surface area contributed by atoms with Gasteiger partial charge in [0.1, 0.15) is 0 Å². The summed E-state index contributed by atoms with van der Waals surface area (Å²) in [5.74, 6) is 2.35. The van der Waals surface area contributed by atoms with Gasteiger partial charge in [-0.25, -0.2) is 0 Å². The summed E-state index contributed by atoms with van der Waals surface area (Å²) in [6.45, 7) is 0. The maximum atomic E-state index is 4.85. The molecule has 0 spiro atoms. The molecule has 57 heavy (non-hydrogen) atoms. The molecule has 0 amide bonds. The maximum absolute atomic E-state index is 4.85. The number of hydrogen-bond acceptors (Lipinski definition) is 0. The van der Waals surface area contributed by atoms with E-state index in [2.05, 4.69) is 243 Å². The van der Waals surface area contributed by atoms with Crippen LogP contribution in [0.1, 0.15) is 0 Å². The normalized spacial score (nSPS) is 10.8. The monoisotopic (exact) mass is 940 g/mol. The zero-order valence-corrected chi connectivity index (χ0v) is 38.2. The van der Waals surface area contributed by atoms with E-state index in [1.54, 1.807) is 0 Å². The van der Waals surface area contributed by atoms with E-state index in [0.717, 1.165) is 0 Å². The van der Waals surface area contributed by atoms with Gasteiger partial charge in [-0.05, 0) is 74.1 Å². The van der Waals surface area contributed by atoms with Gasteiger partial charge in [-0.2, -0.15) is 0 Å². The standard InChI is InChI=1S/2C25H22P2.2ClH.Ru/c2*1-5-13-22(14-6-1)26(23-15-7-2-8-16-23)21-27(24-17-9-3-10-18-24)25-19-11-4-12-20-25;;;/h2*1-20H,21H2;2*1H;/q;;;;+2/p-2. The molecule has 8 rings (SSSR count). The molecule has 0 aliphatic carbocycles. The first-order valence-electron chi connectivity index (χ1n) is 18.6. The average molecular weight is 941 g/mol. The summed E-state index contributed by atoms with van der Waals surface area (Å²) in [5, 5.41) is 11.7. The van der Waals surface area contributed by atoms with Crippen molar-refractivity contribution in [3.8, 4) is 0 Å². The van der Waals surface area contributed by atoms with Crippen LogP contribution in [0.4, 0.5) is 0 Å². The minimum Gasteiger partial charge on any atom is -0.0622 e. The molecular formula is C50H44Cl2P4Ru. The van der Waals surface area contributed by atoms with Crippen molar-refractivity contribution in [2.24, 2.45) is 0 Å². The quantitative estimate of drug-likeness (QED) is 0.0846. The minimum atomic E-state index is -0.409. The number of rotatable bonds is 12. The van der Waals surface area contributed by atoms with E-state index in [0.29, 0.717) is 0 Å². The molecule has 0 saturated carbocycles. The Bertz CT molecular complexity index is 1760. The van der Waals surface area contributed by atoms with E-state index in [1.807, 2.05) is 0 Å². The summed E-state index contributed by atoms with van der Waals surface area (Å²) in [6.07, 6.45) is 0. The van der Waals surface area contributed by atoms with Gasteiger partial charge in [0.05, 0.1) is 0 Å². The van der Waals surface area contributed by atoms with E-state index in [4.69, 9.17) is 19.4 Å². The van der Waals surface area contributed by atoms with Gasteiger partial charge in [0.2, 0.25) is 0 Å². The van der Waals surface area contributed by atoms with E-state index < -0.39 is 31.7 Å². The van der Waals surface area contributed by atoms with Crippen LogP contribution in [0.15, 0.2) is 243 Å². The zero-order valence-electron chi connectivity index (χ0n) is 31.4. The number of halogens is 2. The molecule has 0 bridgehead atoms. The molecule has 0 aliphatic heterocycles. The van der Waals surface area contributed by atoms with Gasteiger partial charge < -0.3 is 0 Å². The smallest absolute Gasteiger partial charge is 0.00405 e. The molecule has 0 aromatic heterocycles. The van der Waals surface area contributed by atoms with Crippen LogP contribution in [0, 0.1) is 0 Å². The minimum absolute atomic E-state index is 0.346. The average Bonchev–Trinajstić information content (AvgIpc) is 3.30. The van der Waals surface area contributed by atoms with E-state index >= 15 is 0 Å². The molecule has 0 nitrogen and oxygen atoms in total. The summed E-state index contributed by atoms with van der Waals surface area (Å²) in [7, 11) is 8.07. The molecule has 0 heterocycles. The van der Waals surface area contributed by atoms with Crippen LogP contribution in [-0.2, 0) is 15.1 Å². The van der Waals surface area contributed by atoms with Crippen molar-refractivity contribution in [2.45, 2.75) is 0 Å². The predicted octanol–water partition coefficient (Wildman–Crippen LogP) is 11.8. The van der Waals surface area contributed by atoms with E-state index in [1.165, 1.54) is 54.2 Å². The van der Waals surface area contributed by atoms with Crippen molar-refractivity contribution in [1.29, 1.82) is 0 Å². The molecule has 0 radical (unpaired) electrons. The van der Waals surface area contributed by atoms with Gasteiger partial charge in [-0.15, -0.1) is 0 Å². The molecule has 8 aromatic carbocycles. The topological polar surface area (TPSA) is 0 Å². The van der Waals surface area contributed by atoms with Crippen LogP contribution >= 0.6 is 51.1 Å². The van der Waals surface area contributed by atoms with Gasteiger partial charge in [0.25, 0.3) is 0 Å². The largest absolute Gasteiger partial charge is 0.0622 e. The first kappa shape index (κ1) is 43.3. The molecule has 7 heteroatoms. The van der Waals surface area contributed by atoms with Gasteiger partial charge in [-0.1, -0.05) is 243 Å². The van der Waals surface area contributed by atoms with Gasteiger partial charge in [-0.3, -0.25) is 0 Å². The predicted molar refractivity (Wildman–Crippen MR) is 258 cm³/mol. The van der Waals surface area contributed by atoms with Crippen molar-refractivity contribution >= 4 is 93.5 Å². The van der Waals surface area contributed by atoms with Crippen molar-refractivity contribution in [2.75, 3.05) is 11.8 Å². The van der Waals surface area contributed by atoms with Crippen LogP contribution in [0.2, 0.25) is 0 Å². The van der Waals surface area contributed by atoms with Crippen LogP contribution in [0.5, 0.6) is 0 Å². The molecule has 0 atom stereocenters. The van der Waals surface area contributed by atoms with E-state index in [-0.39, 0.29) is 15.1 Å². The molecule has 0 aliphatic rings. The van der Waals surface area contributed by atoms with Gasteiger partial charge in [0, 0.05) is 11.8 Å². The summed E-state index contributed by atoms with van der Waals surface area (Å²) in [4.78, 5) is 0. The first-order valence-corrected chi connectivity index (χ1v) is 29.2. The molecule has 286 valence electrons. The molecular weight excluding hydrogens is 896 g/mol. The van der Waals surface area contributed by atoms with Crippen LogP contribution < -0.4 is 42.4 Å². The molecule has 8 aromatic rings. The third-order valence-electron chi connectivity index (χ3n) is 9.11. The third-order valence-corrected chi connectivity index (χ3v) is 21.0. The SMILES string of the molecule is [Cl][Ru][Cl].c1ccc(P(CP(c2ccccc2)c2ccccc2)c2ccccc2)cc1.c1ccc(P(CP(c2ccccc2)c2ccccc2)c2ccccc2)cc1. The summed E-state index contributed by atoms with van der Waals surface area (Å²) in [6, 6.07) is 88.3. The fourth-order valence-corrected chi connectivity index (χ4v) is 19.3. The van der Waals surface area contributed by atoms with Crippen molar-refractivity contribution in [3.05, 3.63) is 243 Å².